The molecule has 0 N–H and O–H groups in total. The molecule has 0 fully saturated rings. The van der Waals surface area contributed by atoms with Crippen molar-refractivity contribution in [3.05, 3.63) is 336 Å². The molecule has 374 valence electrons. The Labute approximate surface area is 463 Å². The zero-order valence-corrected chi connectivity index (χ0v) is 43.4. The minimum absolute atomic E-state index is 0.463. The molecule has 2 heterocycles. The number of nitrogens with zero attached hydrogens (tertiary/aromatic N) is 2. The fraction of sp³-hybridized carbons (Fsp3) is 0.0263. The third-order valence-electron chi connectivity index (χ3n) is 17.0. The highest BCUT2D eigenvalue weighted by molar-refractivity contribution is 6.12. The fourth-order valence-corrected chi connectivity index (χ4v) is 13.5. The monoisotopic (exact) mass is 1020 g/mol. The van der Waals surface area contributed by atoms with Gasteiger partial charge in [-0.3, -0.25) is 0 Å². The van der Waals surface area contributed by atoms with Crippen molar-refractivity contribution in [2.45, 2.75) is 10.8 Å². The van der Waals surface area contributed by atoms with Crippen LogP contribution in [-0.2, 0) is 10.8 Å². The highest BCUT2D eigenvalue weighted by Crippen LogP contribution is 2.59. The predicted octanol–water partition coefficient (Wildman–Crippen LogP) is 19.0. The van der Waals surface area contributed by atoms with Gasteiger partial charge in [0.15, 0.2) is 0 Å². The van der Waals surface area contributed by atoms with Gasteiger partial charge in [-0.15, -0.1) is 10.2 Å². The summed E-state index contributed by atoms with van der Waals surface area (Å²) >= 11 is 0. The molecule has 14 aromatic rings. The highest BCUT2D eigenvalue weighted by Gasteiger charge is 2.47. The second-order valence-corrected chi connectivity index (χ2v) is 21.1. The molecular formula is C76H48N2O2. The summed E-state index contributed by atoms with van der Waals surface area (Å²) < 4.78 is 13.3. The van der Waals surface area contributed by atoms with Gasteiger partial charge in [-0.25, -0.2) is 0 Å². The van der Waals surface area contributed by atoms with Crippen LogP contribution in [0.5, 0.6) is 0 Å². The van der Waals surface area contributed by atoms with Crippen LogP contribution >= 0.6 is 0 Å². The van der Waals surface area contributed by atoms with Crippen molar-refractivity contribution in [2.24, 2.45) is 0 Å². The molecule has 0 radical (unpaired) electrons. The third-order valence-corrected chi connectivity index (χ3v) is 17.0. The van der Waals surface area contributed by atoms with E-state index in [1.54, 1.807) is 0 Å². The molecule has 4 heteroatoms. The highest BCUT2D eigenvalue weighted by atomic mass is 16.4. The van der Waals surface area contributed by atoms with Gasteiger partial charge in [-0.1, -0.05) is 231 Å². The van der Waals surface area contributed by atoms with Crippen LogP contribution in [0.25, 0.3) is 100 Å². The van der Waals surface area contributed by atoms with Gasteiger partial charge in [-0.05, 0) is 155 Å². The number of hydrogen-bond donors (Lipinski definition) is 0. The van der Waals surface area contributed by atoms with E-state index in [9.17, 15) is 0 Å². The summed E-state index contributed by atoms with van der Waals surface area (Å²) in [6, 6.07) is 106. The van der Waals surface area contributed by atoms with E-state index in [2.05, 4.69) is 271 Å². The molecule has 0 unspecified atom stereocenters. The van der Waals surface area contributed by atoms with E-state index < -0.39 is 10.8 Å². The summed E-state index contributed by atoms with van der Waals surface area (Å²) in [7, 11) is 0. The Morgan fingerprint density at radius 2 is 0.613 bits per heavy atom. The Morgan fingerprint density at radius 1 is 0.237 bits per heavy atom. The van der Waals surface area contributed by atoms with Gasteiger partial charge in [-0.2, -0.15) is 0 Å². The van der Waals surface area contributed by atoms with Crippen LogP contribution in [0.1, 0.15) is 44.5 Å². The van der Waals surface area contributed by atoms with E-state index in [-0.39, 0.29) is 0 Å². The molecule has 16 rings (SSSR count). The van der Waals surface area contributed by atoms with Crippen molar-refractivity contribution in [3.8, 4) is 78.5 Å². The Morgan fingerprint density at radius 3 is 1.12 bits per heavy atom. The normalized spacial score (nSPS) is 13.4. The predicted molar refractivity (Wildman–Crippen MR) is 323 cm³/mol. The lowest BCUT2D eigenvalue weighted by Gasteiger charge is -2.34. The van der Waals surface area contributed by atoms with E-state index in [1.807, 2.05) is 30.3 Å². The van der Waals surface area contributed by atoms with Crippen molar-refractivity contribution >= 4 is 21.9 Å². The molecule has 4 nitrogen and oxygen atoms in total. The molecule has 80 heavy (non-hydrogen) atoms. The molecule has 0 spiro atoms. The van der Waals surface area contributed by atoms with Crippen molar-refractivity contribution in [2.75, 3.05) is 0 Å². The first-order valence-electron chi connectivity index (χ1n) is 27.4. The maximum absolute atomic E-state index is 7.08. The second kappa shape index (κ2) is 18.1. The Kier molecular flexibility index (Phi) is 10.3. The fourth-order valence-electron chi connectivity index (χ4n) is 13.5. The van der Waals surface area contributed by atoms with Crippen LogP contribution in [0, 0.1) is 0 Å². The second-order valence-electron chi connectivity index (χ2n) is 21.1. The smallest absolute Gasteiger partial charge is 0.248 e. The largest absolute Gasteiger partial charge is 0.455 e. The van der Waals surface area contributed by atoms with Gasteiger partial charge >= 0.3 is 0 Å². The topological polar surface area (TPSA) is 52.1 Å². The molecule has 0 amide bonds. The van der Waals surface area contributed by atoms with E-state index in [4.69, 9.17) is 8.83 Å². The lowest BCUT2D eigenvalue weighted by molar-refractivity contribution is 0.584. The first kappa shape index (κ1) is 45.7. The van der Waals surface area contributed by atoms with Gasteiger partial charge in [0.2, 0.25) is 11.8 Å². The molecule has 0 saturated carbocycles. The molecule has 2 aliphatic carbocycles. The van der Waals surface area contributed by atoms with Crippen molar-refractivity contribution in [1.82, 2.24) is 10.2 Å². The number of benzene rings is 12. The van der Waals surface area contributed by atoms with Gasteiger partial charge in [0.05, 0.1) is 10.8 Å². The molecule has 0 bridgehead atoms. The quantitative estimate of drug-likeness (QED) is 0.145. The van der Waals surface area contributed by atoms with Gasteiger partial charge in [0, 0.05) is 27.5 Å². The number of aromatic nitrogens is 2. The van der Waals surface area contributed by atoms with Gasteiger partial charge < -0.3 is 8.83 Å². The number of fused-ring (bicyclic) bond motifs is 9. The maximum atomic E-state index is 7.08. The SMILES string of the molecule is c1ccc(-c2nnc(-c3ccc(-c4cc(-c5ccc6c(c5)C(c5ccccc5)(c5ccccc5)c5ccccc5-6)cc5c4oc4ccc(-c6ccc7c(c6)C(c6ccccc6)(c6ccccc6)c6ccccc6-7)cc45)cc3)o2)cc1. The zero-order valence-electron chi connectivity index (χ0n) is 43.4. The first-order chi connectivity index (χ1) is 39.6. The minimum Gasteiger partial charge on any atom is -0.455 e. The number of hydrogen-bond acceptors (Lipinski definition) is 4. The van der Waals surface area contributed by atoms with Crippen LogP contribution in [0.4, 0.5) is 0 Å². The summed E-state index contributed by atoms with van der Waals surface area (Å²) in [6.45, 7) is 0. The third kappa shape index (κ3) is 6.82. The lowest BCUT2D eigenvalue weighted by Crippen LogP contribution is -2.28. The van der Waals surface area contributed by atoms with E-state index >= 15 is 0 Å². The number of rotatable bonds is 9. The summed E-state index contributed by atoms with van der Waals surface area (Å²) in [5.41, 5.74) is 23.8. The Bertz CT molecular complexity index is 4600. The van der Waals surface area contributed by atoms with Crippen LogP contribution < -0.4 is 0 Å². The molecule has 0 atom stereocenters. The first-order valence-corrected chi connectivity index (χ1v) is 27.4. The molecule has 2 aliphatic rings. The van der Waals surface area contributed by atoms with Gasteiger partial charge in [0.25, 0.3) is 0 Å². The lowest BCUT2D eigenvalue weighted by atomic mass is 9.67. The Balaban J connectivity index is 0.894. The van der Waals surface area contributed by atoms with E-state index in [1.165, 1.54) is 66.8 Å². The van der Waals surface area contributed by atoms with Crippen molar-refractivity contribution < 1.29 is 8.83 Å². The van der Waals surface area contributed by atoms with Crippen LogP contribution in [-0.4, -0.2) is 10.2 Å². The van der Waals surface area contributed by atoms with E-state index in [0.29, 0.717) is 11.8 Å². The maximum Gasteiger partial charge on any atom is 0.248 e. The summed E-state index contributed by atoms with van der Waals surface area (Å²) in [4.78, 5) is 0. The average Bonchev–Trinajstić information content (AvgIpc) is 3.79. The van der Waals surface area contributed by atoms with Crippen LogP contribution in [0.3, 0.4) is 0 Å². The van der Waals surface area contributed by atoms with E-state index in [0.717, 1.165) is 66.4 Å². The Hall–Kier alpha value is -10.4. The standard InChI is InChI=1S/C76H48N2O2/c1-6-20-50(21-7-1)73-77-78-74(80-73)51-36-34-49(35-37-51)64-45-55(54-39-42-63-61-31-17-19-33-68(61)76(70(63)48-54,58-26-12-4-13-27-58)59-28-14-5-15-29-59)46-66-65-44-52(40-43-71(65)79-72(64)66)53-38-41-62-60-30-16-18-32-67(60)75(69(62)47-53,56-22-8-2-9-23-56)57-24-10-3-11-25-57/h1-48H. The number of furan rings is 1. The molecule has 0 aliphatic heterocycles. The van der Waals surface area contributed by atoms with Crippen LogP contribution in [0.15, 0.2) is 300 Å². The molecule has 2 aromatic heterocycles. The summed E-state index contributed by atoms with van der Waals surface area (Å²) in [5, 5.41) is 11.0. The molecular weight excluding hydrogens is 973 g/mol. The molecule has 0 saturated heterocycles. The summed E-state index contributed by atoms with van der Waals surface area (Å²) in [5.74, 6) is 0.948. The van der Waals surface area contributed by atoms with Crippen molar-refractivity contribution in [3.63, 3.8) is 0 Å². The van der Waals surface area contributed by atoms with Gasteiger partial charge in [0.1, 0.15) is 11.2 Å². The molecule has 12 aromatic carbocycles. The summed E-state index contributed by atoms with van der Waals surface area (Å²) in [6.07, 6.45) is 0. The van der Waals surface area contributed by atoms with Crippen molar-refractivity contribution in [1.29, 1.82) is 0 Å². The zero-order chi connectivity index (χ0) is 52.8. The van der Waals surface area contributed by atoms with Crippen LogP contribution in [0.2, 0.25) is 0 Å². The average molecular weight is 1020 g/mol. The minimum atomic E-state index is -0.546.